The lowest BCUT2D eigenvalue weighted by Crippen LogP contribution is -3.00. The van der Waals surface area contributed by atoms with Crippen molar-refractivity contribution in [3.8, 4) is 0 Å². The van der Waals surface area contributed by atoms with Gasteiger partial charge in [-0.3, -0.25) is 0 Å². The van der Waals surface area contributed by atoms with Gasteiger partial charge in [0.05, 0.1) is 0 Å². The van der Waals surface area contributed by atoms with Crippen LogP contribution in [-0.4, -0.2) is 56.1 Å². The van der Waals surface area contributed by atoms with Crippen molar-refractivity contribution >= 4 is 6.21 Å². The van der Waals surface area contributed by atoms with Crippen molar-refractivity contribution in [1.29, 1.82) is 0 Å². The van der Waals surface area contributed by atoms with Gasteiger partial charge in [-0.1, -0.05) is 6.92 Å². The Morgan fingerprint density at radius 2 is 1.69 bits per heavy atom. The van der Waals surface area contributed by atoms with E-state index in [0.29, 0.717) is 6.42 Å². The van der Waals surface area contributed by atoms with Crippen LogP contribution >= 0.6 is 0 Å². The van der Waals surface area contributed by atoms with E-state index in [1.807, 2.05) is 0 Å². The molecular formula is C10H20ClF3N2. The Hall–Kier alpha value is -0.290. The highest BCUT2D eigenvalue weighted by Gasteiger charge is 2.46. The molecule has 0 bridgehead atoms. The third-order valence-electron chi connectivity index (χ3n) is 2.33. The van der Waals surface area contributed by atoms with Gasteiger partial charge in [0.25, 0.3) is 0 Å². The molecule has 98 valence electrons. The Morgan fingerprint density at radius 3 is 1.88 bits per heavy atom. The molecular weight excluding hydrogens is 241 g/mol. The summed E-state index contributed by atoms with van der Waals surface area (Å²) in [6.07, 6.45) is -2.48. The number of rotatable bonds is 4. The lowest BCUT2D eigenvalue weighted by atomic mass is 9.97. The van der Waals surface area contributed by atoms with Crippen LogP contribution in [0.15, 0.2) is 0 Å². The van der Waals surface area contributed by atoms with Crippen LogP contribution in [0, 0.1) is 5.92 Å². The number of halogens is 4. The molecule has 0 saturated heterocycles. The van der Waals surface area contributed by atoms with E-state index in [9.17, 15) is 13.2 Å². The second kappa shape index (κ2) is 7.12. The quantitative estimate of drug-likeness (QED) is 0.457. The zero-order valence-electron chi connectivity index (χ0n) is 10.3. The Labute approximate surface area is 102 Å². The van der Waals surface area contributed by atoms with Crippen molar-refractivity contribution in [2.24, 2.45) is 5.92 Å². The number of hydrogen-bond donors (Lipinski definition) is 0. The molecule has 16 heavy (non-hydrogen) atoms. The molecule has 0 saturated carbocycles. The highest BCUT2D eigenvalue weighted by molar-refractivity contribution is 5.57. The lowest BCUT2D eigenvalue weighted by Gasteiger charge is -2.29. The van der Waals surface area contributed by atoms with Gasteiger partial charge in [0.1, 0.15) is 20.0 Å². The van der Waals surface area contributed by atoms with E-state index in [1.165, 1.54) is 10.8 Å². The second-order valence-corrected chi connectivity index (χ2v) is 4.12. The fourth-order valence-electron chi connectivity index (χ4n) is 1.66. The lowest BCUT2D eigenvalue weighted by molar-refractivity contribution is -0.464. The summed E-state index contributed by atoms with van der Waals surface area (Å²) in [7, 11) is 6.58. The van der Waals surface area contributed by atoms with Crippen molar-refractivity contribution in [2.45, 2.75) is 25.6 Å². The average molecular weight is 261 g/mol. The van der Waals surface area contributed by atoms with E-state index in [0.717, 1.165) is 0 Å². The minimum atomic E-state index is -4.19. The summed E-state index contributed by atoms with van der Waals surface area (Å²) in [5.41, 5.74) is 0. The van der Waals surface area contributed by atoms with Gasteiger partial charge in [0.2, 0.25) is 0 Å². The minimum absolute atomic E-state index is 0. The second-order valence-electron chi connectivity index (χ2n) is 4.12. The van der Waals surface area contributed by atoms with Gasteiger partial charge in [-0.2, -0.15) is 13.2 Å². The van der Waals surface area contributed by atoms with Gasteiger partial charge in [0, 0.05) is 6.04 Å². The van der Waals surface area contributed by atoms with Gasteiger partial charge in [0.15, 0.2) is 6.21 Å². The molecule has 0 aromatic heterocycles. The van der Waals surface area contributed by atoms with E-state index in [-0.39, 0.29) is 12.4 Å². The Bertz CT molecular complexity index is 223. The van der Waals surface area contributed by atoms with Crippen molar-refractivity contribution in [1.82, 2.24) is 4.90 Å². The first-order chi connectivity index (χ1) is 6.70. The van der Waals surface area contributed by atoms with Gasteiger partial charge in [-0.25, -0.2) is 4.58 Å². The average Bonchev–Trinajstić information content (AvgIpc) is 2.00. The molecule has 6 heteroatoms. The smallest absolute Gasteiger partial charge is 0.402 e. The van der Waals surface area contributed by atoms with E-state index < -0.39 is 18.1 Å². The molecule has 0 N–H and O–H groups in total. The Morgan fingerprint density at radius 1 is 1.25 bits per heavy atom. The molecule has 2 atom stereocenters. The number of alkyl halides is 3. The topological polar surface area (TPSA) is 6.25 Å². The molecule has 0 aliphatic rings. The standard InChI is InChI=1S/C10H20F3N2.ClH/c1-6-9(15(4)5)8(7-14(2)3)10(11,12)13;/h7-9H,6H2,1-5H3;1H/q+1;/p-1. The highest BCUT2D eigenvalue weighted by Crippen LogP contribution is 2.30. The highest BCUT2D eigenvalue weighted by atomic mass is 35.5. The summed E-state index contributed by atoms with van der Waals surface area (Å²) in [6, 6.07) is -0.507. The van der Waals surface area contributed by atoms with E-state index >= 15 is 0 Å². The van der Waals surface area contributed by atoms with Crippen LogP contribution in [0.25, 0.3) is 0 Å². The van der Waals surface area contributed by atoms with Gasteiger partial charge in [-0.15, -0.1) is 0 Å². The normalized spacial score (nSPS) is 15.3. The first-order valence-corrected chi connectivity index (χ1v) is 4.94. The van der Waals surface area contributed by atoms with Crippen LogP contribution < -0.4 is 12.4 Å². The predicted molar refractivity (Wildman–Crippen MR) is 55.5 cm³/mol. The fraction of sp³-hybridized carbons (Fsp3) is 0.900. The molecule has 2 nitrogen and oxygen atoms in total. The predicted octanol–water partition coefficient (Wildman–Crippen LogP) is -1.15. The van der Waals surface area contributed by atoms with Crippen LogP contribution in [-0.2, 0) is 0 Å². The maximum Gasteiger partial charge on any atom is 0.402 e. The van der Waals surface area contributed by atoms with Gasteiger partial charge >= 0.3 is 6.18 Å². The van der Waals surface area contributed by atoms with E-state index in [4.69, 9.17) is 0 Å². The molecule has 0 fully saturated rings. The number of hydrogen-bond acceptors (Lipinski definition) is 1. The largest absolute Gasteiger partial charge is 1.00 e. The summed E-state index contributed by atoms with van der Waals surface area (Å²) in [6.45, 7) is 1.77. The molecule has 0 aliphatic carbocycles. The molecule has 0 aromatic rings. The van der Waals surface area contributed by atoms with Crippen LogP contribution in [0.3, 0.4) is 0 Å². The zero-order valence-corrected chi connectivity index (χ0v) is 11.1. The first kappa shape index (κ1) is 18.1. The fourth-order valence-corrected chi connectivity index (χ4v) is 1.66. The van der Waals surface area contributed by atoms with Crippen LogP contribution in [0.5, 0.6) is 0 Å². The maximum absolute atomic E-state index is 12.8. The van der Waals surface area contributed by atoms with Crippen LogP contribution in [0.4, 0.5) is 13.2 Å². The first-order valence-electron chi connectivity index (χ1n) is 4.94. The Kier molecular flexibility index (Phi) is 8.04. The minimum Gasteiger partial charge on any atom is -1.00 e. The molecule has 0 radical (unpaired) electrons. The van der Waals surface area contributed by atoms with Gasteiger partial charge in [-0.05, 0) is 20.5 Å². The summed E-state index contributed by atoms with van der Waals surface area (Å²) in [5, 5.41) is 0. The number of nitrogens with zero attached hydrogens (tertiary/aromatic N) is 2. The molecule has 0 amide bonds. The summed E-state index contributed by atoms with van der Waals surface area (Å²) >= 11 is 0. The SMILES string of the molecule is CCC(C(C=[N+](C)C)C(F)(F)F)N(C)C.[Cl-]. The third kappa shape index (κ3) is 5.70. The Balaban J connectivity index is 0. The van der Waals surface area contributed by atoms with Gasteiger partial charge < -0.3 is 17.3 Å². The van der Waals surface area contributed by atoms with Crippen molar-refractivity contribution < 1.29 is 30.2 Å². The molecule has 2 unspecified atom stereocenters. The molecule has 0 spiro atoms. The molecule has 0 rings (SSSR count). The third-order valence-corrected chi connectivity index (χ3v) is 2.33. The van der Waals surface area contributed by atoms with Crippen molar-refractivity contribution in [2.75, 3.05) is 28.2 Å². The van der Waals surface area contributed by atoms with E-state index in [1.54, 1.807) is 40.0 Å². The van der Waals surface area contributed by atoms with E-state index in [2.05, 4.69) is 0 Å². The molecule has 0 aromatic carbocycles. The van der Waals surface area contributed by atoms with Crippen molar-refractivity contribution in [3.63, 3.8) is 0 Å². The maximum atomic E-state index is 12.8. The zero-order chi connectivity index (χ0) is 12.2. The monoisotopic (exact) mass is 260 g/mol. The summed E-state index contributed by atoms with van der Waals surface area (Å²) in [4.78, 5) is 1.62. The summed E-state index contributed by atoms with van der Waals surface area (Å²) < 4.78 is 39.8. The molecule has 0 heterocycles. The summed E-state index contributed by atoms with van der Waals surface area (Å²) in [5.74, 6) is -1.41. The van der Waals surface area contributed by atoms with Crippen molar-refractivity contribution in [3.05, 3.63) is 0 Å². The van der Waals surface area contributed by atoms with Crippen LogP contribution in [0.1, 0.15) is 13.3 Å². The van der Waals surface area contributed by atoms with Crippen LogP contribution in [0.2, 0.25) is 0 Å². The molecule has 0 aliphatic heterocycles.